The van der Waals surface area contributed by atoms with Crippen LogP contribution in [-0.2, 0) is 6.54 Å². The second-order valence-corrected chi connectivity index (χ2v) is 8.53. The van der Waals surface area contributed by atoms with Crippen molar-refractivity contribution >= 4 is 22.8 Å². The Balaban J connectivity index is 1.39. The quantitative estimate of drug-likeness (QED) is 0.470. The van der Waals surface area contributed by atoms with Crippen LogP contribution >= 0.6 is 0 Å². The summed E-state index contributed by atoms with van der Waals surface area (Å²) in [5.41, 5.74) is 10.7. The highest BCUT2D eigenvalue weighted by molar-refractivity contribution is 5.98. The Morgan fingerprint density at radius 2 is 1.91 bits per heavy atom. The molecule has 0 bridgehead atoms. The van der Waals surface area contributed by atoms with Gasteiger partial charge < -0.3 is 11.1 Å². The van der Waals surface area contributed by atoms with E-state index in [9.17, 15) is 9.18 Å². The molecule has 8 heteroatoms. The number of nitrogens with zero attached hydrogens (tertiary/aromatic N) is 4. The molecule has 1 saturated carbocycles. The first-order valence-electron chi connectivity index (χ1n) is 11.1. The van der Waals surface area contributed by atoms with Crippen LogP contribution in [0.25, 0.3) is 22.3 Å². The van der Waals surface area contributed by atoms with Crippen LogP contribution in [0.5, 0.6) is 0 Å². The SMILES string of the molecule is Cc1ccc(F)cc1C(=O)NCc1ccc(-c2nn(C3CCCC3)c3ncnc(N)c23)cc1. The molecule has 1 amide bonds. The summed E-state index contributed by atoms with van der Waals surface area (Å²) < 4.78 is 15.5. The van der Waals surface area contributed by atoms with Crippen LogP contribution in [0.2, 0.25) is 0 Å². The van der Waals surface area contributed by atoms with Crippen LogP contribution in [0, 0.1) is 12.7 Å². The van der Waals surface area contributed by atoms with Gasteiger partial charge in [0.1, 0.15) is 23.7 Å². The van der Waals surface area contributed by atoms with Crippen molar-refractivity contribution in [3.05, 3.63) is 71.3 Å². The lowest BCUT2D eigenvalue weighted by Gasteiger charge is -2.10. The lowest BCUT2D eigenvalue weighted by molar-refractivity contribution is 0.0950. The lowest BCUT2D eigenvalue weighted by Crippen LogP contribution is -2.23. The maximum absolute atomic E-state index is 13.5. The predicted molar refractivity (Wildman–Crippen MR) is 125 cm³/mol. The fourth-order valence-electron chi connectivity index (χ4n) is 4.50. The van der Waals surface area contributed by atoms with Crippen LogP contribution in [0.15, 0.2) is 48.8 Å². The Kier molecular flexibility index (Phi) is 5.50. The topological polar surface area (TPSA) is 98.7 Å². The molecule has 4 aromatic rings. The average Bonchev–Trinajstić information content (AvgIpc) is 3.48. The predicted octanol–water partition coefficient (Wildman–Crippen LogP) is 4.57. The second-order valence-electron chi connectivity index (χ2n) is 8.53. The number of halogens is 1. The van der Waals surface area contributed by atoms with Crippen molar-refractivity contribution in [2.24, 2.45) is 0 Å². The Hall–Kier alpha value is -3.81. The summed E-state index contributed by atoms with van der Waals surface area (Å²) in [6.07, 6.45) is 6.04. The zero-order chi connectivity index (χ0) is 22.9. The zero-order valence-corrected chi connectivity index (χ0v) is 18.4. The van der Waals surface area contributed by atoms with Crippen LogP contribution in [0.4, 0.5) is 10.2 Å². The van der Waals surface area contributed by atoms with Gasteiger partial charge in [-0.1, -0.05) is 43.2 Å². The summed E-state index contributed by atoms with van der Waals surface area (Å²) in [7, 11) is 0. The third kappa shape index (κ3) is 4.04. The fraction of sp³-hybridized carbons (Fsp3) is 0.280. The molecule has 5 rings (SSSR count). The third-order valence-electron chi connectivity index (χ3n) is 6.31. The Morgan fingerprint density at radius 3 is 2.67 bits per heavy atom. The Bertz CT molecular complexity index is 1320. The number of hydrogen-bond acceptors (Lipinski definition) is 5. The molecule has 33 heavy (non-hydrogen) atoms. The number of carbonyl (C=O) groups is 1. The van der Waals surface area contributed by atoms with Crippen LogP contribution in [0.1, 0.15) is 53.2 Å². The van der Waals surface area contributed by atoms with E-state index in [4.69, 9.17) is 10.8 Å². The number of aryl methyl sites for hydroxylation is 1. The molecule has 0 aliphatic heterocycles. The molecule has 0 unspecified atom stereocenters. The summed E-state index contributed by atoms with van der Waals surface area (Å²) in [4.78, 5) is 21.1. The van der Waals surface area contributed by atoms with E-state index in [0.29, 0.717) is 24.0 Å². The van der Waals surface area contributed by atoms with Crippen molar-refractivity contribution in [2.45, 2.75) is 45.2 Å². The van der Waals surface area contributed by atoms with Gasteiger partial charge in [-0.25, -0.2) is 19.0 Å². The van der Waals surface area contributed by atoms with Gasteiger partial charge in [0.05, 0.1) is 11.4 Å². The van der Waals surface area contributed by atoms with E-state index in [1.54, 1.807) is 13.0 Å². The number of nitrogens with one attached hydrogen (secondary N) is 1. The summed E-state index contributed by atoms with van der Waals surface area (Å²) >= 11 is 0. The minimum absolute atomic E-state index is 0.303. The van der Waals surface area contributed by atoms with E-state index in [1.165, 1.54) is 31.3 Å². The van der Waals surface area contributed by atoms with Crippen molar-refractivity contribution in [2.75, 3.05) is 5.73 Å². The minimum atomic E-state index is -0.428. The molecule has 0 atom stereocenters. The van der Waals surface area contributed by atoms with E-state index in [-0.39, 0.29) is 5.91 Å². The second kappa shape index (κ2) is 8.61. The molecular formula is C25H25FN6O. The number of carbonyl (C=O) groups excluding carboxylic acids is 1. The molecule has 1 aliphatic carbocycles. The molecule has 2 aromatic heterocycles. The maximum atomic E-state index is 13.5. The maximum Gasteiger partial charge on any atom is 0.251 e. The molecule has 168 valence electrons. The van der Waals surface area contributed by atoms with Crippen molar-refractivity contribution < 1.29 is 9.18 Å². The first-order chi connectivity index (χ1) is 16.0. The molecule has 1 fully saturated rings. The monoisotopic (exact) mass is 444 g/mol. The Labute approximate surface area is 190 Å². The standard InChI is InChI=1S/C25H25FN6O/c1-15-6-11-18(26)12-20(15)25(33)28-13-16-7-9-17(10-8-16)22-21-23(27)29-14-30-24(21)32(31-22)19-4-2-3-5-19/h6-12,14,19H,2-5,13H2,1H3,(H,28,33)(H2,27,29,30). The number of aromatic nitrogens is 4. The molecule has 2 heterocycles. The molecular weight excluding hydrogens is 419 g/mol. The van der Waals surface area contributed by atoms with Gasteiger partial charge in [0.25, 0.3) is 5.91 Å². The summed E-state index contributed by atoms with van der Waals surface area (Å²) in [5.74, 6) is -0.314. The van der Waals surface area contributed by atoms with Crippen molar-refractivity contribution in [1.82, 2.24) is 25.1 Å². The van der Waals surface area contributed by atoms with Gasteiger partial charge in [0, 0.05) is 17.7 Å². The van der Waals surface area contributed by atoms with E-state index >= 15 is 0 Å². The van der Waals surface area contributed by atoms with E-state index in [1.807, 2.05) is 28.9 Å². The molecule has 0 radical (unpaired) electrons. The number of amides is 1. The normalized spacial score (nSPS) is 14.1. The molecule has 3 N–H and O–H groups in total. The molecule has 2 aromatic carbocycles. The van der Waals surface area contributed by atoms with Gasteiger partial charge in [-0.15, -0.1) is 0 Å². The molecule has 0 spiro atoms. The lowest BCUT2D eigenvalue weighted by atomic mass is 10.1. The van der Waals surface area contributed by atoms with E-state index in [2.05, 4.69) is 15.3 Å². The largest absolute Gasteiger partial charge is 0.383 e. The van der Waals surface area contributed by atoms with Crippen LogP contribution in [-0.4, -0.2) is 25.7 Å². The fourth-order valence-corrected chi connectivity index (χ4v) is 4.50. The first-order valence-corrected chi connectivity index (χ1v) is 11.1. The van der Waals surface area contributed by atoms with Gasteiger partial charge >= 0.3 is 0 Å². The van der Waals surface area contributed by atoms with E-state index in [0.717, 1.165) is 46.3 Å². The summed E-state index contributed by atoms with van der Waals surface area (Å²) in [5, 5.41) is 8.52. The smallest absolute Gasteiger partial charge is 0.251 e. The van der Waals surface area contributed by atoms with Gasteiger partial charge in [-0.2, -0.15) is 5.10 Å². The van der Waals surface area contributed by atoms with Gasteiger partial charge in [-0.3, -0.25) is 4.79 Å². The number of nitrogens with two attached hydrogens (primary N) is 1. The molecule has 1 aliphatic rings. The van der Waals surface area contributed by atoms with Crippen molar-refractivity contribution in [1.29, 1.82) is 0 Å². The van der Waals surface area contributed by atoms with Crippen LogP contribution in [0.3, 0.4) is 0 Å². The van der Waals surface area contributed by atoms with Gasteiger partial charge in [-0.05, 0) is 43.0 Å². The van der Waals surface area contributed by atoms with Crippen molar-refractivity contribution in [3.63, 3.8) is 0 Å². The van der Waals surface area contributed by atoms with Crippen LogP contribution < -0.4 is 11.1 Å². The van der Waals surface area contributed by atoms with Gasteiger partial charge in [0.2, 0.25) is 0 Å². The first kappa shape index (κ1) is 21.1. The summed E-state index contributed by atoms with van der Waals surface area (Å²) in [6, 6.07) is 12.3. The average molecular weight is 445 g/mol. The number of rotatable bonds is 5. The number of fused-ring (bicyclic) bond motifs is 1. The number of benzene rings is 2. The summed E-state index contributed by atoms with van der Waals surface area (Å²) in [6.45, 7) is 2.12. The minimum Gasteiger partial charge on any atom is -0.383 e. The number of hydrogen-bond donors (Lipinski definition) is 2. The third-order valence-corrected chi connectivity index (χ3v) is 6.31. The highest BCUT2D eigenvalue weighted by Gasteiger charge is 2.24. The molecule has 0 saturated heterocycles. The number of nitrogen functional groups attached to an aromatic ring is 1. The van der Waals surface area contributed by atoms with Gasteiger partial charge in [0.15, 0.2) is 5.65 Å². The number of anilines is 1. The highest BCUT2D eigenvalue weighted by atomic mass is 19.1. The van der Waals surface area contributed by atoms with E-state index < -0.39 is 5.82 Å². The van der Waals surface area contributed by atoms with Crippen molar-refractivity contribution in [3.8, 4) is 11.3 Å². The zero-order valence-electron chi connectivity index (χ0n) is 18.4. The highest BCUT2D eigenvalue weighted by Crippen LogP contribution is 2.36. The molecule has 7 nitrogen and oxygen atoms in total. The Morgan fingerprint density at radius 1 is 1.15 bits per heavy atom.